The third kappa shape index (κ3) is 4.83. The summed E-state index contributed by atoms with van der Waals surface area (Å²) in [5, 5.41) is 9.34. The van der Waals surface area contributed by atoms with Crippen molar-refractivity contribution in [3.05, 3.63) is 91.9 Å². The highest BCUT2D eigenvalue weighted by atomic mass is 35.5. The van der Waals surface area contributed by atoms with E-state index in [1.54, 1.807) is 42.5 Å². The van der Waals surface area contributed by atoms with Gasteiger partial charge in [0.1, 0.15) is 0 Å². The summed E-state index contributed by atoms with van der Waals surface area (Å²) in [5.74, 6) is -0.316. The lowest BCUT2D eigenvalue weighted by molar-refractivity contribution is 0.0946. The van der Waals surface area contributed by atoms with Crippen LogP contribution in [0.3, 0.4) is 0 Å². The first-order valence-electron chi connectivity index (χ1n) is 9.53. The van der Waals surface area contributed by atoms with Crippen molar-refractivity contribution in [3.8, 4) is 11.1 Å². The number of nitrogens with one attached hydrogen (secondary N) is 2. The number of nitrogens with zero attached hydrogens (tertiary/aromatic N) is 1. The van der Waals surface area contributed by atoms with Crippen molar-refractivity contribution in [2.75, 3.05) is 6.54 Å². The summed E-state index contributed by atoms with van der Waals surface area (Å²) in [6, 6.07) is 17.3. The zero-order valence-corrected chi connectivity index (χ0v) is 19.2. The predicted octanol–water partition coefficient (Wildman–Crippen LogP) is 6.79. The molecule has 1 heterocycles. The topological polar surface area (TPSA) is 53.5 Å². The van der Waals surface area contributed by atoms with Gasteiger partial charge in [-0.1, -0.05) is 70.7 Å². The van der Waals surface area contributed by atoms with E-state index >= 15 is 0 Å². The van der Waals surface area contributed by atoms with E-state index in [1.165, 1.54) is 0 Å². The molecule has 4 nitrogen and oxygen atoms in total. The molecule has 8 heteroatoms. The smallest absolute Gasteiger partial charge is 0.253 e. The molecule has 31 heavy (non-hydrogen) atoms. The first kappa shape index (κ1) is 22.0. The summed E-state index contributed by atoms with van der Waals surface area (Å²) in [4.78, 5) is 13.0. The fourth-order valence-corrected chi connectivity index (χ4v) is 4.39. The third-order valence-corrected chi connectivity index (χ3v) is 6.22. The van der Waals surface area contributed by atoms with Crippen LogP contribution < -0.4 is 10.7 Å². The first-order chi connectivity index (χ1) is 14.9. The molecular formula is C23H17Cl4N3O. The lowest BCUT2D eigenvalue weighted by atomic mass is 9.95. The Balaban J connectivity index is 1.76. The number of carbonyl (C=O) groups excluding carboxylic acids is 1. The second-order valence-electron chi connectivity index (χ2n) is 7.01. The SMILES string of the molecule is O=C(NC(C1=NNCC1)c1cc(-c2ccc(Cl)cc2)c(Cl)cc1Cl)c1ccccc1Cl. The largest absolute Gasteiger partial charge is 0.340 e. The van der Waals surface area contributed by atoms with Gasteiger partial charge in [-0.2, -0.15) is 5.10 Å². The molecule has 0 spiro atoms. The Bertz CT molecular complexity index is 1160. The zero-order chi connectivity index (χ0) is 22.0. The molecule has 158 valence electrons. The summed E-state index contributed by atoms with van der Waals surface area (Å²) in [5.41, 5.74) is 6.46. The maximum atomic E-state index is 13.0. The minimum absolute atomic E-state index is 0.316. The normalized spacial score (nSPS) is 14.0. The molecule has 0 radical (unpaired) electrons. The van der Waals surface area contributed by atoms with Crippen LogP contribution in [0.5, 0.6) is 0 Å². The summed E-state index contributed by atoms with van der Waals surface area (Å²) in [6.07, 6.45) is 0.669. The molecular weight excluding hydrogens is 476 g/mol. The Labute approximate surface area is 200 Å². The number of amides is 1. The van der Waals surface area contributed by atoms with E-state index in [-0.39, 0.29) is 5.91 Å². The summed E-state index contributed by atoms with van der Waals surface area (Å²) in [6.45, 7) is 0.684. The molecule has 0 aliphatic carbocycles. The summed E-state index contributed by atoms with van der Waals surface area (Å²) < 4.78 is 0. The molecule has 4 rings (SSSR count). The molecule has 0 aromatic heterocycles. The average molecular weight is 493 g/mol. The fourth-order valence-electron chi connectivity index (χ4n) is 3.44. The molecule has 1 atom stereocenters. The summed E-state index contributed by atoms with van der Waals surface area (Å²) >= 11 is 25.3. The van der Waals surface area contributed by atoms with Crippen molar-refractivity contribution in [3.63, 3.8) is 0 Å². The van der Waals surface area contributed by atoms with Crippen LogP contribution >= 0.6 is 46.4 Å². The fraction of sp³-hybridized carbons (Fsp3) is 0.130. The predicted molar refractivity (Wildman–Crippen MR) is 129 cm³/mol. The Kier molecular flexibility index (Phi) is 6.73. The number of benzene rings is 3. The van der Waals surface area contributed by atoms with Crippen LogP contribution in [0.15, 0.2) is 65.8 Å². The van der Waals surface area contributed by atoms with Crippen molar-refractivity contribution in [1.29, 1.82) is 0 Å². The number of hydrogen-bond donors (Lipinski definition) is 2. The van der Waals surface area contributed by atoms with E-state index < -0.39 is 6.04 Å². The van der Waals surface area contributed by atoms with Crippen LogP contribution in [0.2, 0.25) is 20.1 Å². The Hall–Kier alpha value is -2.24. The van der Waals surface area contributed by atoms with Crippen LogP contribution in [0.25, 0.3) is 11.1 Å². The summed E-state index contributed by atoms with van der Waals surface area (Å²) in [7, 11) is 0. The molecule has 3 aromatic rings. The number of hydrazone groups is 1. The third-order valence-electron chi connectivity index (χ3n) is 5.00. The molecule has 1 aliphatic heterocycles. The Morgan fingerprint density at radius 2 is 1.68 bits per heavy atom. The van der Waals surface area contributed by atoms with Crippen molar-refractivity contribution >= 4 is 58.0 Å². The van der Waals surface area contributed by atoms with Crippen LogP contribution in [0, 0.1) is 0 Å². The van der Waals surface area contributed by atoms with Crippen molar-refractivity contribution in [2.45, 2.75) is 12.5 Å². The molecule has 1 aliphatic rings. The van der Waals surface area contributed by atoms with Gasteiger partial charge >= 0.3 is 0 Å². The molecule has 0 fully saturated rings. The maximum Gasteiger partial charge on any atom is 0.253 e. The minimum atomic E-state index is -0.547. The molecule has 2 N–H and O–H groups in total. The van der Waals surface area contributed by atoms with E-state index in [1.807, 2.05) is 18.2 Å². The van der Waals surface area contributed by atoms with Crippen LogP contribution in [-0.2, 0) is 0 Å². The number of hydrogen-bond acceptors (Lipinski definition) is 3. The van der Waals surface area contributed by atoms with Gasteiger partial charge in [-0.15, -0.1) is 0 Å². The highest BCUT2D eigenvalue weighted by Gasteiger charge is 2.27. The van der Waals surface area contributed by atoms with Gasteiger partial charge in [0.25, 0.3) is 5.91 Å². The maximum absolute atomic E-state index is 13.0. The number of rotatable bonds is 5. The van der Waals surface area contributed by atoms with E-state index in [9.17, 15) is 4.79 Å². The number of halogens is 4. The highest BCUT2D eigenvalue weighted by molar-refractivity contribution is 6.37. The number of carbonyl (C=O) groups is 1. The quantitative estimate of drug-likeness (QED) is 0.412. The van der Waals surface area contributed by atoms with Crippen LogP contribution in [0.1, 0.15) is 28.4 Å². The molecule has 1 amide bonds. The zero-order valence-electron chi connectivity index (χ0n) is 16.1. The van der Waals surface area contributed by atoms with Gasteiger partial charge in [-0.3, -0.25) is 4.79 Å². The van der Waals surface area contributed by atoms with Crippen molar-refractivity contribution < 1.29 is 4.79 Å². The minimum Gasteiger partial charge on any atom is -0.340 e. The van der Waals surface area contributed by atoms with Gasteiger partial charge in [-0.05, 0) is 47.5 Å². The van der Waals surface area contributed by atoms with E-state index in [0.717, 1.165) is 16.8 Å². The second kappa shape index (κ2) is 9.49. The molecule has 0 saturated carbocycles. The van der Waals surface area contributed by atoms with Gasteiger partial charge in [0, 0.05) is 33.6 Å². The second-order valence-corrected chi connectivity index (χ2v) is 8.67. The van der Waals surface area contributed by atoms with Gasteiger partial charge in [0.2, 0.25) is 0 Å². The van der Waals surface area contributed by atoms with Crippen LogP contribution in [0.4, 0.5) is 0 Å². The van der Waals surface area contributed by atoms with Crippen molar-refractivity contribution in [1.82, 2.24) is 10.7 Å². The lowest BCUT2D eigenvalue weighted by Crippen LogP contribution is -2.34. The monoisotopic (exact) mass is 491 g/mol. The van der Waals surface area contributed by atoms with Gasteiger partial charge in [0.15, 0.2) is 0 Å². The lowest BCUT2D eigenvalue weighted by Gasteiger charge is -2.22. The molecule has 0 bridgehead atoms. The Morgan fingerprint density at radius 3 is 2.35 bits per heavy atom. The van der Waals surface area contributed by atoms with E-state index in [4.69, 9.17) is 46.4 Å². The molecule has 1 unspecified atom stereocenters. The standard InChI is InChI=1S/C23H17Cl4N3O/c24-14-7-5-13(6-8-14)16-11-17(20(27)12-19(16)26)22(21-9-10-28-30-21)29-23(31)15-3-1-2-4-18(15)25/h1-8,11-12,22,28H,9-10H2,(H,29,31). The van der Waals surface area contributed by atoms with E-state index in [0.29, 0.717) is 44.2 Å². The molecule has 3 aromatic carbocycles. The Morgan fingerprint density at radius 1 is 0.935 bits per heavy atom. The average Bonchev–Trinajstić information content (AvgIpc) is 3.28. The van der Waals surface area contributed by atoms with Gasteiger partial charge in [0.05, 0.1) is 22.3 Å². The van der Waals surface area contributed by atoms with Crippen LogP contribution in [-0.4, -0.2) is 18.2 Å². The van der Waals surface area contributed by atoms with Crippen molar-refractivity contribution in [2.24, 2.45) is 5.10 Å². The highest BCUT2D eigenvalue weighted by Crippen LogP contribution is 2.37. The van der Waals surface area contributed by atoms with Gasteiger partial charge in [-0.25, -0.2) is 0 Å². The van der Waals surface area contributed by atoms with Gasteiger partial charge < -0.3 is 10.7 Å². The first-order valence-corrected chi connectivity index (χ1v) is 11.0. The van der Waals surface area contributed by atoms with E-state index in [2.05, 4.69) is 15.8 Å². The molecule has 0 saturated heterocycles.